The summed E-state index contributed by atoms with van der Waals surface area (Å²) in [5, 5.41) is 9.59. The quantitative estimate of drug-likeness (QED) is 0.560. The predicted octanol–water partition coefficient (Wildman–Crippen LogP) is 0.852. The number of nitrogens with zero attached hydrogens (tertiary/aromatic N) is 1. The summed E-state index contributed by atoms with van der Waals surface area (Å²) in [5.74, 6) is 0.510. The molecule has 64 valence electrons. The molecule has 0 bridgehead atoms. The Morgan fingerprint density at radius 1 is 1.36 bits per heavy atom. The topological polar surface area (TPSA) is 23.5 Å². The monoisotopic (exact) mass is 155 g/mol. The van der Waals surface area contributed by atoms with Crippen LogP contribution in [0.1, 0.15) is 26.2 Å². The summed E-state index contributed by atoms with van der Waals surface area (Å²) in [6.07, 6.45) is 3.94. The minimum absolute atomic E-state index is 0.0573. The minimum atomic E-state index is -0.0573. The van der Waals surface area contributed by atoms with Crippen molar-refractivity contribution in [3.8, 4) is 0 Å². The lowest BCUT2D eigenvalue weighted by Crippen LogP contribution is -2.36. The van der Waals surface area contributed by atoms with Gasteiger partial charge in [0.25, 0.3) is 0 Å². The number of aliphatic hydroxyl groups excluding tert-OH is 1. The summed E-state index contributed by atoms with van der Waals surface area (Å²) in [6, 6.07) is 0.693. The lowest BCUT2D eigenvalue weighted by atomic mass is 9.94. The third-order valence-electron chi connectivity index (χ3n) is 3.30. The Bertz CT molecular complexity index is 148. The maximum Gasteiger partial charge on any atom is 0.0707 e. The molecule has 2 nitrogen and oxygen atoms in total. The normalized spacial score (nSPS) is 45.8. The van der Waals surface area contributed by atoms with Crippen LogP contribution in [0.2, 0.25) is 0 Å². The van der Waals surface area contributed by atoms with Gasteiger partial charge in [-0.25, -0.2) is 0 Å². The Hall–Kier alpha value is -0.0800. The van der Waals surface area contributed by atoms with Crippen molar-refractivity contribution in [1.82, 2.24) is 4.90 Å². The van der Waals surface area contributed by atoms with Gasteiger partial charge < -0.3 is 5.11 Å². The van der Waals surface area contributed by atoms with Crippen molar-refractivity contribution in [1.29, 1.82) is 0 Å². The number of aliphatic hydroxyl groups is 1. The lowest BCUT2D eigenvalue weighted by molar-refractivity contribution is 0.146. The number of hydrogen-bond donors (Lipinski definition) is 1. The Morgan fingerprint density at radius 2 is 2.18 bits per heavy atom. The highest BCUT2D eigenvalue weighted by atomic mass is 16.3. The molecular formula is C9H17NO. The number of hydrogen-bond acceptors (Lipinski definition) is 2. The van der Waals surface area contributed by atoms with Gasteiger partial charge in [0.1, 0.15) is 0 Å². The van der Waals surface area contributed by atoms with Crippen molar-refractivity contribution < 1.29 is 5.11 Å². The van der Waals surface area contributed by atoms with Gasteiger partial charge in [0.05, 0.1) is 6.10 Å². The molecule has 0 amide bonds. The van der Waals surface area contributed by atoms with Crippen LogP contribution in [-0.2, 0) is 0 Å². The first-order valence-corrected chi connectivity index (χ1v) is 4.71. The van der Waals surface area contributed by atoms with Gasteiger partial charge in [-0.2, -0.15) is 0 Å². The number of fused-ring (bicyclic) bond motifs is 1. The van der Waals surface area contributed by atoms with Gasteiger partial charge >= 0.3 is 0 Å². The van der Waals surface area contributed by atoms with E-state index in [-0.39, 0.29) is 6.10 Å². The van der Waals surface area contributed by atoms with Crippen molar-refractivity contribution in [2.75, 3.05) is 13.1 Å². The second-order valence-electron chi connectivity index (χ2n) is 3.98. The first kappa shape index (κ1) is 7.56. The third kappa shape index (κ3) is 1.18. The molecule has 0 aliphatic carbocycles. The van der Waals surface area contributed by atoms with E-state index < -0.39 is 0 Å². The molecule has 2 saturated heterocycles. The summed E-state index contributed by atoms with van der Waals surface area (Å²) < 4.78 is 0. The van der Waals surface area contributed by atoms with Crippen LogP contribution in [-0.4, -0.2) is 35.2 Å². The van der Waals surface area contributed by atoms with Crippen molar-refractivity contribution in [2.24, 2.45) is 5.92 Å². The molecule has 2 unspecified atom stereocenters. The Balaban J connectivity index is 2.05. The van der Waals surface area contributed by atoms with Gasteiger partial charge in [-0.1, -0.05) is 13.3 Å². The Labute approximate surface area is 68.2 Å². The Kier molecular flexibility index (Phi) is 1.90. The SMILES string of the molecule is CC1C(O)CN2CCCC[C@@H]12. The molecule has 2 rings (SSSR count). The van der Waals surface area contributed by atoms with Crippen LogP contribution in [0.15, 0.2) is 0 Å². The molecule has 2 heteroatoms. The molecule has 0 aromatic heterocycles. The van der Waals surface area contributed by atoms with Crippen molar-refractivity contribution in [3.63, 3.8) is 0 Å². The first-order valence-electron chi connectivity index (χ1n) is 4.71. The van der Waals surface area contributed by atoms with Gasteiger partial charge in [0, 0.05) is 12.6 Å². The van der Waals surface area contributed by atoms with Gasteiger partial charge in [-0.3, -0.25) is 4.90 Å². The summed E-state index contributed by atoms with van der Waals surface area (Å²) in [7, 11) is 0. The highest BCUT2D eigenvalue weighted by Gasteiger charge is 2.38. The van der Waals surface area contributed by atoms with Gasteiger partial charge in [0.15, 0.2) is 0 Å². The van der Waals surface area contributed by atoms with E-state index in [1.54, 1.807) is 0 Å². The Morgan fingerprint density at radius 3 is 2.91 bits per heavy atom. The molecule has 1 N–H and O–H groups in total. The second-order valence-corrected chi connectivity index (χ2v) is 3.98. The van der Waals surface area contributed by atoms with Gasteiger partial charge in [-0.05, 0) is 25.3 Å². The van der Waals surface area contributed by atoms with Crippen molar-refractivity contribution in [3.05, 3.63) is 0 Å². The van der Waals surface area contributed by atoms with Crippen LogP contribution in [0.3, 0.4) is 0 Å². The molecular weight excluding hydrogens is 138 g/mol. The van der Waals surface area contributed by atoms with Gasteiger partial charge in [-0.15, -0.1) is 0 Å². The standard InChI is InChI=1S/C9H17NO/c1-7-8-4-2-3-5-10(8)6-9(7)11/h7-9,11H,2-6H2,1H3/t7?,8-,9?/m0/s1. The molecule has 0 saturated carbocycles. The van der Waals surface area contributed by atoms with E-state index in [0.29, 0.717) is 12.0 Å². The molecule has 2 heterocycles. The molecule has 2 aliphatic rings. The van der Waals surface area contributed by atoms with E-state index in [1.165, 1.54) is 25.8 Å². The second kappa shape index (κ2) is 2.76. The zero-order valence-electron chi connectivity index (χ0n) is 7.16. The zero-order chi connectivity index (χ0) is 7.84. The number of piperidine rings is 1. The fraction of sp³-hybridized carbons (Fsp3) is 1.00. The van der Waals surface area contributed by atoms with Crippen LogP contribution >= 0.6 is 0 Å². The minimum Gasteiger partial charge on any atom is -0.391 e. The maximum atomic E-state index is 9.59. The fourth-order valence-electron chi connectivity index (χ4n) is 2.50. The van der Waals surface area contributed by atoms with Crippen LogP contribution in [0.5, 0.6) is 0 Å². The summed E-state index contributed by atoms with van der Waals surface area (Å²) in [6.45, 7) is 4.32. The molecule has 2 aliphatic heterocycles. The highest BCUT2D eigenvalue weighted by molar-refractivity contribution is 4.92. The average Bonchev–Trinajstić information content (AvgIpc) is 2.30. The maximum absolute atomic E-state index is 9.59. The molecule has 11 heavy (non-hydrogen) atoms. The smallest absolute Gasteiger partial charge is 0.0707 e. The summed E-state index contributed by atoms with van der Waals surface area (Å²) in [4.78, 5) is 2.46. The van der Waals surface area contributed by atoms with E-state index in [2.05, 4.69) is 11.8 Å². The van der Waals surface area contributed by atoms with Crippen LogP contribution in [0, 0.1) is 5.92 Å². The van der Waals surface area contributed by atoms with E-state index >= 15 is 0 Å². The van der Waals surface area contributed by atoms with Crippen LogP contribution < -0.4 is 0 Å². The largest absolute Gasteiger partial charge is 0.391 e. The first-order chi connectivity index (χ1) is 5.29. The average molecular weight is 155 g/mol. The highest BCUT2D eigenvalue weighted by Crippen LogP contribution is 2.31. The van der Waals surface area contributed by atoms with E-state index in [1.807, 2.05) is 0 Å². The lowest BCUT2D eigenvalue weighted by Gasteiger charge is -2.30. The van der Waals surface area contributed by atoms with Crippen LogP contribution in [0.25, 0.3) is 0 Å². The summed E-state index contributed by atoms with van der Waals surface area (Å²) in [5.41, 5.74) is 0. The van der Waals surface area contributed by atoms with Crippen molar-refractivity contribution >= 4 is 0 Å². The molecule has 0 aromatic rings. The molecule has 0 spiro atoms. The zero-order valence-corrected chi connectivity index (χ0v) is 7.16. The summed E-state index contributed by atoms with van der Waals surface area (Å²) >= 11 is 0. The number of rotatable bonds is 0. The fourth-order valence-corrected chi connectivity index (χ4v) is 2.50. The van der Waals surface area contributed by atoms with E-state index in [9.17, 15) is 5.11 Å². The van der Waals surface area contributed by atoms with E-state index in [4.69, 9.17) is 0 Å². The molecule has 2 fully saturated rings. The van der Waals surface area contributed by atoms with E-state index in [0.717, 1.165) is 6.54 Å². The van der Waals surface area contributed by atoms with Crippen molar-refractivity contribution in [2.45, 2.75) is 38.3 Å². The molecule has 0 aromatic carbocycles. The third-order valence-corrected chi connectivity index (χ3v) is 3.30. The predicted molar refractivity (Wildman–Crippen MR) is 44.4 cm³/mol. The molecule has 3 atom stereocenters. The van der Waals surface area contributed by atoms with Gasteiger partial charge in [0.2, 0.25) is 0 Å². The van der Waals surface area contributed by atoms with Crippen LogP contribution in [0.4, 0.5) is 0 Å². The molecule has 0 radical (unpaired) electrons.